The molecule has 6 nitrogen and oxygen atoms in total. The Labute approximate surface area is 143 Å². The van der Waals surface area contributed by atoms with Crippen molar-refractivity contribution in [3.05, 3.63) is 34.2 Å². The van der Waals surface area contributed by atoms with Gasteiger partial charge in [-0.25, -0.2) is 9.78 Å². The maximum atomic E-state index is 12.1. The van der Waals surface area contributed by atoms with Crippen LogP contribution in [0.2, 0.25) is 10.0 Å². The number of aliphatic carboxylic acids is 1. The number of rotatable bonds is 6. The van der Waals surface area contributed by atoms with Gasteiger partial charge in [-0.1, -0.05) is 37.0 Å². The number of imidazole rings is 1. The summed E-state index contributed by atoms with van der Waals surface area (Å²) in [6.45, 7) is 3.80. The van der Waals surface area contributed by atoms with Crippen molar-refractivity contribution in [1.29, 1.82) is 0 Å². The molecule has 0 aromatic carbocycles. The second kappa shape index (κ2) is 7.19. The van der Waals surface area contributed by atoms with Crippen LogP contribution in [0.1, 0.15) is 26.0 Å². The number of amides is 1. The summed E-state index contributed by atoms with van der Waals surface area (Å²) in [5.41, 5.74) is 0.983. The summed E-state index contributed by atoms with van der Waals surface area (Å²) in [6, 6.07) is 0.663. The third-order valence-corrected chi connectivity index (χ3v) is 3.69. The Bertz CT molecular complexity index is 743. The van der Waals surface area contributed by atoms with Gasteiger partial charge < -0.3 is 14.8 Å². The predicted octanol–water partition coefficient (Wildman–Crippen LogP) is 2.80. The molecule has 0 unspecified atom stereocenters. The molecular weight excluding hydrogens is 341 g/mol. The first-order valence-corrected chi connectivity index (χ1v) is 7.86. The fourth-order valence-electron chi connectivity index (χ4n) is 2.26. The summed E-state index contributed by atoms with van der Waals surface area (Å²) >= 11 is 12.0. The zero-order chi connectivity index (χ0) is 17.1. The molecule has 2 aromatic heterocycles. The van der Waals surface area contributed by atoms with Crippen LogP contribution in [0.15, 0.2) is 18.5 Å². The number of hydrogen-bond donors (Lipinski definition) is 2. The van der Waals surface area contributed by atoms with E-state index in [-0.39, 0.29) is 12.3 Å². The number of nitrogens with zero attached hydrogens (tertiary/aromatic N) is 2. The molecule has 2 heterocycles. The Morgan fingerprint density at radius 2 is 2.04 bits per heavy atom. The SMILES string of the molecule is CC(C)C[C@H](NC(=O)Cc1cn2cc(Cl)cc(Cl)c2n1)C(=O)O. The average molecular weight is 358 g/mol. The molecule has 1 amide bonds. The van der Waals surface area contributed by atoms with Crippen LogP contribution in [-0.2, 0) is 16.0 Å². The van der Waals surface area contributed by atoms with Gasteiger partial charge in [0.15, 0.2) is 5.65 Å². The number of nitrogens with one attached hydrogen (secondary N) is 1. The Morgan fingerprint density at radius 3 is 2.65 bits per heavy atom. The lowest BCUT2D eigenvalue weighted by Gasteiger charge is -2.16. The molecule has 0 saturated heterocycles. The van der Waals surface area contributed by atoms with Gasteiger partial charge >= 0.3 is 5.97 Å². The van der Waals surface area contributed by atoms with E-state index in [2.05, 4.69) is 10.3 Å². The van der Waals surface area contributed by atoms with E-state index >= 15 is 0 Å². The molecule has 124 valence electrons. The minimum atomic E-state index is -1.04. The number of carboxylic acids is 1. The fraction of sp³-hybridized carbons (Fsp3) is 0.400. The van der Waals surface area contributed by atoms with E-state index in [4.69, 9.17) is 28.3 Å². The molecule has 0 spiro atoms. The van der Waals surface area contributed by atoms with Crippen molar-refractivity contribution in [2.75, 3.05) is 0 Å². The maximum Gasteiger partial charge on any atom is 0.326 e. The van der Waals surface area contributed by atoms with E-state index in [0.29, 0.717) is 27.8 Å². The summed E-state index contributed by atoms with van der Waals surface area (Å²) in [4.78, 5) is 27.5. The van der Waals surface area contributed by atoms with Gasteiger partial charge in [-0.2, -0.15) is 0 Å². The quantitative estimate of drug-likeness (QED) is 0.832. The van der Waals surface area contributed by atoms with E-state index in [1.807, 2.05) is 13.8 Å². The van der Waals surface area contributed by atoms with Gasteiger partial charge in [-0.3, -0.25) is 4.79 Å². The number of halogens is 2. The van der Waals surface area contributed by atoms with Crippen molar-refractivity contribution in [3.63, 3.8) is 0 Å². The van der Waals surface area contributed by atoms with Crippen LogP contribution >= 0.6 is 23.2 Å². The zero-order valence-corrected chi connectivity index (χ0v) is 14.2. The summed E-state index contributed by atoms with van der Waals surface area (Å²) < 4.78 is 1.63. The molecule has 0 aliphatic heterocycles. The van der Waals surface area contributed by atoms with E-state index in [9.17, 15) is 9.59 Å². The highest BCUT2D eigenvalue weighted by Crippen LogP contribution is 2.21. The number of carboxylic acid groups (broad SMARTS) is 1. The van der Waals surface area contributed by atoms with Crippen LogP contribution < -0.4 is 5.32 Å². The van der Waals surface area contributed by atoms with Crippen molar-refractivity contribution >= 4 is 40.7 Å². The summed E-state index contributed by atoms with van der Waals surface area (Å²) in [6.07, 6.45) is 3.62. The molecule has 8 heteroatoms. The molecule has 2 aromatic rings. The molecule has 0 aliphatic rings. The first-order valence-electron chi connectivity index (χ1n) is 7.11. The van der Waals surface area contributed by atoms with Gasteiger partial charge in [0, 0.05) is 12.4 Å². The van der Waals surface area contributed by atoms with E-state index in [1.165, 1.54) is 0 Å². The number of hydrogen-bond acceptors (Lipinski definition) is 3. The molecule has 23 heavy (non-hydrogen) atoms. The van der Waals surface area contributed by atoms with E-state index < -0.39 is 17.9 Å². The van der Waals surface area contributed by atoms with E-state index in [1.54, 1.807) is 22.9 Å². The van der Waals surface area contributed by atoms with Crippen molar-refractivity contribution in [2.45, 2.75) is 32.7 Å². The molecule has 2 rings (SSSR count). The second-order valence-corrected chi connectivity index (χ2v) is 6.58. The van der Waals surface area contributed by atoms with Crippen LogP contribution in [0.5, 0.6) is 0 Å². The normalized spacial score (nSPS) is 12.6. The Kier molecular flexibility index (Phi) is 5.49. The second-order valence-electron chi connectivity index (χ2n) is 5.73. The lowest BCUT2D eigenvalue weighted by atomic mass is 10.0. The molecule has 2 N–H and O–H groups in total. The highest BCUT2D eigenvalue weighted by molar-refractivity contribution is 6.36. The molecule has 0 bridgehead atoms. The summed E-state index contributed by atoms with van der Waals surface area (Å²) in [5.74, 6) is -1.28. The van der Waals surface area contributed by atoms with E-state index in [0.717, 1.165) is 0 Å². The standard InChI is InChI=1S/C15H17Cl2N3O3/c1-8(2)3-12(15(22)23)19-13(21)5-10-7-20-6-9(16)4-11(17)14(20)18-10/h4,6-8,12H,3,5H2,1-2H3,(H,19,21)(H,22,23)/t12-/m0/s1. The van der Waals surface area contributed by atoms with Gasteiger partial charge in [0.1, 0.15) is 6.04 Å². The smallest absolute Gasteiger partial charge is 0.326 e. The van der Waals surface area contributed by atoms with Crippen molar-refractivity contribution < 1.29 is 14.7 Å². The molecule has 0 saturated carbocycles. The predicted molar refractivity (Wildman–Crippen MR) is 87.9 cm³/mol. The van der Waals surface area contributed by atoms with Crippen LogP contribution in [-0.4, -0.2) is 32.4 Å². The number of fused-ring (bicyclic) bond motifs is 1. The largest absolute Gasteiger partial charge is 0.480 e. The number of carbonyl (C=O) groups is 2. The number of carbonyl (C=O) groups excluding carboxylic acids is 1. The van der Waals surface area contributed by atoms with Crippen LogP contribution in [0.25, 0.3) is 5.65 Å². The highest BCUT2D eigenvalue weighted by Gasteiger charge is 2.21. The first kappa shape index (κ1) is 17.6. The van der Waals surface area contributed by atoms with Crippen molar-refractivity contribution in [1.82, 2.24) is 14.7 Å². The molecule has 0 fully saturated rings. The van der Waals surface area contributed by atoms with Gasteiger partial charge in [0.05, 0.1) is 22.2 Å². The molecule has 0 aliphatic carbocycles. The zero-order valence-electron chi connectivity index (χ0n) is 12.7. The third kappa shape index (κ3) is 4.59. The monoisotopic (exact) mass is 357 g/mol. The van der Waals surface area contributed by atoms with Gasteiger partial charge in [-0.15, -0.1) is 0 Å². The number of aromatic nitrogens is 2. The Balaban J connectivity index is 2.10. The van der Waals surface area contributed by atoms with Gasteiger partial charge in [-0.05, 0) is 18.4 Å². The van der Waals surface area contributed by atoms with Crippen LogP contribution in [0.4, 0.5) is 0 Å². The average Bonchev–Trinajstić information content (AvgIpc) is 2.79. The van der Waals surface area contributed by atoms with Gasteiger partial charge in [0.2, 0.25) is 5.91 Å². The summed E-state index contributed by atoms with van der Waals surface area (Å²) in [5, 5.41) is 12.5. The lowest BCUT2D eigenvalue weighted by Crippen LogP contribution is -2.42. The van der Waals surface area contributed by atoms with Crippen LogP contribution in [0, 0.1) is 5.92 Å². The topological polar surface area (TPSA) is 83.7 Å². The number of pyridine rings is 1. The fourth-order valence-corrected chi connectivity index (χ4v) is 2.79. The molecule has 1 atom stereocenters. The van der Waals surface area contributed by atoms with Crippen molar-refractivity contribution in [3.8, 4) is 0 Å². The summed E-state index contributed by atoms with van der Waals surface area (Å²) in [7, 11) is 0. The Morgan fingerprint density at radius 1 is 1.35 bits per heavy atom. The highest BCUT2D eigenvalue weighted by atomic mass is 35.5. The van der Waals surface area contributed by atoms with Crippen molar-refractivity contribution in [2.24, 2.45) is 5.92 Å². The minimum absolute atomic E-state index is 0.0303. The molecular formula is C15H17Cl2N3O3. The Hall–Kier alpha value is -1.79. The third-order valence-electron chi connectivity index (χ3n) is 3.20. The lowest BCUT2D eigenvalue weighted by molar-refractivity contribution is -0.142. The molecule has 0 radical (unpaired) electrons. The minimum Gasteiger partial charge on any atom is -0.480 e. The van der Waals surface area contributed by atoms with Gasteiger partial charge in [0.25, 0.3) is 0 Å². The maximum absolute atomic E-state index is 12.1. The van der Waals surface area contributed by atoms with Crippen LogP contribution in [0.3, 0.4) is 0 Å². The first-order chi connectivity index (χ1) is 10.8.